The van der Waals surface area contributed by atoms with Gasteiger partial charge in [-0.2, -0.15) is 0 Å². The number of nitrogens with one attached hydrogen (secondary N) is 2. The van der Waals surface area contributed by atoms with Crippen LogP contribution < -0.4 is 10.3 Å². The zero-order valence-electron chi connectivity index (χ0n) is 11.1. The topological polar surface area (TPSA) is 118 Å². The van der Waals surface area contributed by atoms with Crippen LogP contribution in [-0.4, -0.2) is 19.2 Å². The lowest BCUT2D eigenvalue weighted by molar-refractivity contribution is -0.384. The van der Waals surface area contributed by atoms with Gasteiger partial charge in [0.15, 0.2) is 0 Å². The minimum Gasteiger partial charge on any atom is -0.277 e. The second-order valence-electron chi connectivity index (χ2n) is 4.16. The lowest BCUT2D eigenvalue weighted by atomic mass is 10.3. The van der Waals surface area contributed by atoms with Gasteiger partial charge < -0.3 is 0 Å². The van der Waals surface area contributed by atoms with Crippen molar-refractivity contribution in [3.63, 3.8) is 0 Å². The average molecular weight is 341 g/mol. The highest BCUT2D eigenvalue weighted by atomic mass is 32.2. The molecule has 1 aromatic heterocycles. The highest BCUT2D eigenvalue weighted by molar-refractivity contribution is 7.89. The SMILES string of the molecule is O=C(Cc1cccs1)NNS(=O)(=O)c1ccc([N+](=O)[O-])cc1. The summed E-state index contributed by atoms with van der Waals surface area (Å²) in [6, 6.07) is 7.87. The molecule has 116 valence electrons. The number of nitrogens with zero attached hydrogens (tertiary/aromatic N) is 1. The summed E-state index contributed by atoms with van der Waals surface area (Å²) in [7, 11) is -3.98. The van der Waals surface area contributed by atoms with Crippen molar-refractivity contribution in [2.75, 3.05) is 0 Å². The van der Waals surface area contributed by atoms with Gasteiger partial charge in [-0.3, -0.25) is 20.3 Å². The second-order valence-corrected chi connectivity index (χ2v) is 6.88. The Morgan fingerprint density at radius 2 is 1.91 bits per heavy atom. The monoisotopic (exact) mass is 341 g/mol. The van der Waals surface area contributed by atoms with Crippen LogP contribution in [-0.2, 0) is 21.2 Å². The summed E-state index contributed by atoms with van der Waals surface area (Å²) in [6.07, 6.45) is 0.0560. The lowest BCUT2D eigenvalue weighted by Crippen LogP contribution is -2.42. The highest BCUT2D eigenvalue weighted by Gasteiger charge is 2.16. The van der Waals surface area contributed by atoms with E-state index in [0.29, 0.717) is 0 Å². The van der Waals surface area contributed by atoms with E-state index >= 15 is 0 Å². The van der Waals surface area contributed by atoms with Gasteiger partial charge >= 0.3 is 0 Å². The van der Waals surface area contributed by atoms with Crippen LogP contribution in [0, 0.1) is 10.1 Å². The third-order valence-corrected chi connectivity index (χ3v) is 4.74. The quantitative estimate of drug-likeness (QED) is 0.605. The summed E-state index contributed by atoms with van der Waals surface area (Å²) in [4.78, 5) is 24.0. The van der Waals surface area contributed by atoms with E-state index in [0.717, 1.165) is 29.1 Å². The number of rotatable bonds is 6. The summed E-state index contributed by atoms with van der Waals surface area (Å²) in [5.74, 6) is -0.507. The molecular formula is C12H11N3O5S2. The summed E-state index contributed by atoms with van der Waals surface area (Å²) in [6.45, 7) is 0. The number of nitro benzene ring substituents is 1. The van der Waals surface area contributed by atoms with E-state index in [4.69, 9.17) is 0 Å². The van der Waals surface area contributed by atoms with Gasteiger partial charge in [0.1, 0.15) is 0 Å². The molecule has 8 nitrogen and oxygen atoms in total. The smallest absolute Gasteiger partial charge is 0.269 e. The van der Waals surface area contributed by atoms with Crippen LogP contribution in [0.15, 0.2) is 46.7 Å². The molecule has 0 unspecified atom stereocenters. The number of benzene rings is 1. The average Bonchev–Trinajstić information content (AvgIpc) is 2.98. The minimum absolute atomic E-state index is 0.0560. The van der Waals surface area contributed by atoms with Crippen molar-refractivity contribution in [3.8, 4) is 0 Å². The van der Waals surface area contributed by atoms with Gasteiger partial charge in [-0.15, -0.1) is 16.2 Å². The third kappa shape index (κ3) is 4.10. The maximum absolute atomic E-state index is 11.9. The molecule has 1 heterocycles. The van der Waals surface area contributed by atoms with Gasteiger partial charge in [0.25, 0.3) is 15.7 Å². The third-order valence-electron chi connectivity index (χ3n) is 2.60. The van der Waals surface area contributed by atoms with Crippen molar-refractivity contribution >= 4 is 33.0 Å². The molecule has 0 saturated carbocycles. The van der Waals surface area contributed by atoms with Crippen molar-refractivity contribution in [3.05, 3.63) is 56.8 Å². The van der Waals surface area contributed by atoms with Gasteiger partial charge in [-0.25, -0.2) is 8.42 Å². The first kappa shape index (κ1) is 16.1. The first-order valence-corrected chi connectivity index (χ1v) is 8.32. The van der Waals surface area contributed by atoms with Crippen LogP contribution in [0.4, 0.5) is 5.69 Å². The Balaban J connectivity index is 1.98. The van der Waals surface area contributed by atoms with Crippen LogP contribution in [0.5, 0.6) is 0 Å². The Hall–Kier alpha value is -2.30. The molecule has 0 fully saturated rings. The summed E-state index contributed by atoms with van der Waals surface area (Å²) < 4.78 is 23.9. The number of nitro groups is 1. The number of hydrazine groups is 1. The van der Waals surface area contributed by atoms with Crippen molar-refractivity contribution in [2.45, 2.75) is 11.3 Å². The van der Waals surface area contributed by atoms with E-state index in [2.05, 4.69) is 5.43 Å². The molecular weight excluding hydrogens is 330 g/mol. The van der Waals surface area contributed by atoms with E-state index in [9.17, 15) is 23.3 Å². The Morgan fingerprint density at radius 3 is 2.45 bits per heavy atom. The standard InChI is InChI=1S/C12H11N3O5S2/c16-12(8-10-2-1-7-21-10)13-14-22(19,20)11-5-3-9(4-6-11)15(17)18/h1-7,14H,8H2,(H,13,16). The fraction of sp³-hybridized carbons (Fsp3) is 0.0833. The number of hydrogen-bond donors (Lipinski definition) is 2. The number of thiophene rings is 1. The van der Waals surface area contributed by atoms with Crippen LogP contribution in [0.1, 0.15) is 4.88 Å². The van der Waals surface area contributed by atoms with Crippen LogP contribution in [0.2, 0.25) is 0 Å². The van der Waals surface area contributed by atoms with Gasteiger partial charge in [0.05, 0.1) is 16.2 Å². The molecule has 0 saturated heterocycles. The summed E-state index contributed by atoms with van der Waals surface area (Å²) >= 11 is 1.38. The maximum atomic E-state index is 11.9. The first-order chi connectivity index (χ1) is 10.4. The molecule has 2 aromatic rings. The minimum atomic E-state index is -3.98. The fourth-order valence-electron chi connectivity index (χ4n) is 1.55. The molecule has 0 spiro atoms. The Kier molecular flexibility index (Phi) is 4.85. The van der Waals surface area contributed by atoms with Crippen molar-refractivity contribution in [1.82, 2.24) is 10.3 Å². The molecule has 2 N–H and O–H groups in total. The number of non-ortho nitro benzene ring substituents is 1. The van der Waals surface area contributed by atoms with Gasteiger partial charge in [-0.05, 0) is 23.6 Å². The molecule has 0 aliphatic rings. The van der Waals surface area contributed by atoms with Crippen molar-refractivity contribution < 1.29 is 18.1 Å². The molecule has 22 heavy (non-hydrogen) atoms. The van der Waals surface area contributed by atoms with E-state index < -0.39 is 20.9 Å². The molecule has 0 radical (unpaired) electrons. The first-order valence-electron chi connectivity index (χ1n) is 5.96. The predicted octanol–water partition coefficient (Wildman–Crippen LogP) is 1.21. The predicted molar refractivity (Wildman–Crippen MR) is 79.6 cm³/mol. The maximum Gasteiger partial charge on any atom is 0.269 e. The van der Waals surface area contributed by atoms with Crippen molar-refractivity contribution in [2.24, 2.45) is 0 Å². The summed E-state index contributed by atoms with van der Waals surface area (Å²) in [5, 5.41) is 12.3. The largest absolute Gasteiger partial charge is 0.277 e. The van der Waals surface area contributed by atoms with Gasteiger partial charge in [0, 0.05) is 17.0 Å². The highest BCUT2D eigenvalue weighted by Crippen LogP contribution is 2.15. The number of sulfonamides is 1. The van der Waals surface area contributed by atoms with E-state index in [1.54, 1.807) is 12.1 Å². The number of carbonyl (C=O) groups is 1. The Bertz CT molecular complexity index is 770. The van der Waals surface area contributed by atoms with Gasteiger partial charge in [0.2, 0.25) is 5.91 Å². The van der Waals surface area contributed by atoms with E-state index in [1.807, 2.05) is 10.2 Å². The molecule has 0 bridgehead atoms. The molecule has 0 aliphatic heterocycles. The van der Waals surface area contributed by atoms with Crippen molar-refractivity contribution in [1.29, 1.82) is 0 Å². The second kappa shape index (κ2) is 6.64. The molecule has 0 atom stereocenters. The Labute approximate surface area is 130 Å². The van der Waals surface area contributed by atoms with Gasteiger partial charge in [-0.1, -0.05) is 6.07 Å². The van der Waals surface area contributed by atoms with Crippen LogP contribution in [0.25, 0.3) is 0 Å². The Morgan fingerprint density at radius 1 is 1.23 bits per heavy atom. The lowest BCUT2D eigenvalue weighted by Gasteiger charge is -2.07. The molecule has 1 aromatic carbocycles. The van der Waals surface area contributed by atoms with Crippen LogP contribution in [0.3, 0.4) is 0 Å². The molecule has 10 heteroatoms. The van der Waals surface area contributed by atoms with Crippen LogP contribution >= 0.6 is 11.3 Å². The van der Waals surface area contributed by atoms with E-state index in [1.165, 1.54) is 11.3 Å². The fourth-order valence-corrected chi connectivity index (χ4v) is 3.11. The molecule has 1 amide bonds. The van der Waals surface area contributed by atoms with E-state index in [-0.39, 0.29) is 17.0 Å². The number of amides is 1. The molecule has 0 aliphatic carbocycles. The molecule has 2 rings (SSSR count). The zero-order chi connectivity index (χ0) is 16.2. The number of hydrogen-bond acceptors (Lipinski definition) is 6. The normalized spacial score (nSPS) is 11.1. The summed E-state index contributed by atoms with van der Waals surface area (Å²) in [5.41, 5.74) is 1.87. The zero-order valence-corrected chi connectivity index (χ0v) is 12.7. The number of carbonyl (C=O) groups excluding carboxylic acids is 1.